The molecular formula is C18H25NO3. The maximum absolute atomic E-state index is 12.8. The summed E-state index contributed by atoms with van der Waals surface area (Å²) < 4.78 is 0. The molecule has 1 aromatic rings. The molecule has 0 fully saturated rings. The topological polar surface area (TPSA) is 57.6 Å². The third-order valence-corrected chi connectivity index (χ3v) is 4.96. The van der Waals surface area contributed by atoms with E-state index in [4.69, 9.17) is 0 Å². The number of aliphatic carboxylic acids is 1. The zero-order valence-electron chi connectivity index (χ0n) is 13.6. The van der Waals surface area contributed by atoms with Gasteiger partial charge in [0.15, 0.2) is 0 Å². The van der Waals surface area contributed by atoms with Crippen LogP contribution in [0.3, 0.4) is 0 Å². The third kappa shape index (κ3) is 3.16. The van der Waals surface area contributed by atoms with Crippen molar-refractivity contribution in [1.82, 2.24) is 4.90 Å². The fourth-order valence-electron chi connectivity index (χ4n) is 3.43. The Morgan fingerprint density at radius 3 is 2.36 bits per heavy atom. The van der Waals surface area contributed by atoms with Gasteiger partial charge in [-0.25, -0.2) is 4.79 Å². The quantitative estimate of drug-likeness (QED) is 0.909. The van der Waals surface area contributed by atoms with Gasteiger partial charge in [0.25, 0.3) is 0 Å². The van der Waals surface area contributed by atoms with Gasteiger partial charge in [-0.15, -0.1) is 0 Å². The van der Waals surface area contributed by atoms with E-state index >= 15 is 0 Å². The number of hydrogen-bond acceptors (Lipinski definition) is 2. The highest BCUT2D eigenvalue weighted by atomic mass is 16.4. The van der Waals surface area contributed by atoms with E-state index in [9.17, 15) is 14.7 Å². The van der Waals surface area contributed by atoms with Gasteiger partial charge in [0.05, 0.1) is 0 Å². The summed E-state index contributed by atoms with van der Waals surface area (Å²) in [5.74, 6) is -0.781. The number of rotatable bonds is 5. The van der Waals surface area contributed by atoms with E-state index in [0.29, 0.717) is 18.9 Å². The molecule has 0 aromatic heterocycles. The predicted molar refractivity (Wildman–Crippen MR) is 85.4 cm³/mol. The molecule has 1 heterocycles. The third-order valence-electron chi connectivity index (χ3n) is 4.96. The van der Waals surface area contributed by atoms with E-state index in [1.54, 1.807) is 4.90 Å². The normalized spacial score (nSPS) is 18.9. The van der Waals surface area contributed by atoms with Gasteiger partial charge in [0.1, 0.15) is 6.04 Å². The van der Waals surface area contributed by atoms with Crippen LogP contribution in [0.4, 0.5) is 0 Å². The van der Waals surface area contributed by atoms with E-state index in [1.165, 1.54) is 0 Å². The minimum Gasteiger partial charge on any atom is -0.480 e. The van der Waals surface area contributed by atoms with Crippen LogP contribution in [0.15, 0.2) is 24.3 Å². The summed E-state index contributed by atoms with van der Waals surface area (Å²) in [7, 11) is 0. The lowest BCUT2D eigenvalue weighted by atomic mass is 9.86. The number of carbonyl (C=O) groups is 2. The van der Waals surface area contributed by atoms with E-state index in [-0.39, 0.29) is 11.8 Å². The first-order valence-corrected chi connectivity index (χ1v) is 8.09. The molecule has 0 saturated heterocycles. The van der Waals surface area contributed by atoms with Crippen LogP contribution in [0.2, 0.25) is 0 Å². The fraction of sp³-hybridized carbons (Fsp3) is 0.556. The predicted octanol–water partition coefficient (Wildman–Crippen LogP) is 3.10. The van der Waals surface area contributed by atoms with Crippen molar-refractivity contribution in [2.24, 2.45) is 11.8 Å². The summed E-state index contributed by atoms with van der Waals surface area (Å²) in [5, 5.41) is 9.52. The average molecular weight is 303 g/mol. The summed E-state index contributed by atoms with van der Waals surface area (Å²) in [6, 6.07) is 7.04. The molecule has 1 aromatic carbocycles. The number of carboxylic acid groups (broad SMARTS) is 1. The van der Waals surface area contributed by atoms with Gasteiger partial charge in [-0.3, -0.25) is 4.79 Å². The van der Waals surface area contributed by atoms with Gasteiger partial charge in [-0.05, 0) is 17.0 Å². The molecule has 120 valence electrons. The van der Waals surface area contributed by atoms with Crippen LogP contribution in [-0.4, -0.2) is 27.9 Å². The average Bonchev–Trinajstić information content (AvgIpc) is 2.53. The molecule has 0 aliphatic carbocycles. The highest BCUT2D eigenvalue weighted by Crippen LogP contribution is 2.28. The Balaban J connectivity index is 2.27. The second-order valence-corrected chi connectivity index (χ2v) is 6.16. The molecule has 2 unspecified atom stereocenters. The van der Waals surface area contributed by atoms with Crippen molar-refractivity contribution < 1.29 is 14.7 Å². The van der Waals surface area contributed by atoms with Crippen LogP contribution in [-0.2, 0) is 22.6 Å². The van der Waals surface area contributed by atoms with Crippen molar-refractivity contribution >= 4 is 11.9 Å². The van der Waals surface area contributed by atoms with Crippen molar-refractivity contribution in [3.63, 3.8) is 0 Å². The maximum atomic E-state index is 12.8. The molecular weight excluding hydrogens is 278 g/mol. The van der Waals surface area contributed by atoms with Crippen LogP contribution < -0.4 is 0 Å². The maximum Gasteiger partial charge on any atom is 0.326 e. The lowest BCUT2D eigenvalue weighted by molar-refractivity contribution is -0.154. The van der Waals surface area contributed by atoms with Gasteiger partial charge in [-0.2, -0.15) is 0 Å². The highest BCUT2D eigenvalue weighted by molar-refractivity contribution is 5.86. The second-order valence-electron chi connectivity index (χ2n) is 6.16. The van der Waals surface area contributed by atoms with Gasteiger partial charge in [-0.1, -0.05) is 57.9 Å². The minimum absolute atomic E-state index is 0.0318. The molecule has 2 rings (SSSR count). The molecule has 1 aliphatic heterocycles. The summed E-state index contributed by atoms with van der Waals surface area (Å²) >= 11 is 0. The molecule has 0 saturated carbocycles. The van der Waals surface area contributed by atoms with Gasteiger partial charge >= 0.3 is 5.97 Å². The van der Waals surface area contributed by atoms with Gasteiger partial charge in [0, 0.05) is 18.9 Å². The lowest BCUT2D eigenvalue weighted by Crippen LogP contribution is -2.51. The Morgan fingerprint density at radius 2 is 1.82 bits per heavy atom. The van der Waals surface area contributed by atoms with E-state index < -0.39 is 12.0 Å². The van der Waals surface area contributed by atoms with Gasteiger partial charge < -0.3 is 10.0 Å². The minimum atomic E-state index is -0.917. The van der Waals surface area contributed by atoms with Crippen LogP contribution in [0.25, 0.3) is 0 Å². The monoisotopic (exact) mass is 303 g/mol. The Labute approximate surface area is 132 Å². The second kappa shape index (κ2) is 6.95. The first-order chi connectivity index (χ1) is 10.5. The summed E-state index contributed by atoms with van der Waals surface area (Å²) in [4.78, 5) is 26.0. The van der Waals surface area contributed by atoms with E-state index in [2.05, 4.69) is 13.8 Å². The molecule has 0 spiro atoms. The summed E-state index contributed by atoms with van der Waals surface area (Å²) in [6.07, 6.45) is 2.27. The number of nitrogens with zero attached hydrogens (tertiary/aromatic N) is 1. The SMILES string of the molecule is CCC(CC)C(C)C(=O)N1Cc2ccccc2CC1C(=O)O. The van der Waals surface area contributed by atoms with Crippen LogP contribution >= 0.6 is 0 Å². The smallest absolute Gasteiger partial charge is 0.326 e. The molecule has 4 heteroatoms. The van der Waals surface area contributed by atoms with Crippen molar-refractivity contribution in [3.8, 4) is 0 Å². The van der Waals surface area contributed by atoms with Crippen molar-refractivity contribution in [3.05, 3.63) is 35.4 Å². The molecule has 1 N–H and O–H groups in total. The number of fused-ring (bicyclic) bond motifs is 1. The molecule has 0 radical (unpaired) electrons. The largest absolute Gasteiger partial charge is 0.480 e. The number of amides is 1. The number of carboxylic acids is 1. The highest BCUT2D eigenvalue weighted by Gasteiger charge is 2.37. The summed E-state index contributed by atoms with van der Waals surface area (Å²) in [5.41, 5.74) is 2.10. The fourth-order valence-corrected chi connectivity index (χ4v) is 3.43. The van der Waals surface area contributed by atoms with Gasteiger partial charge in [0.2, 0.25) is 5.91 Å². The Bertz CT molecular complexity index is 551. The summed E-state index contributed by atoms with van der Waals surface area (Å²) in [6.45, 7) is 6.49. The first kappa shape index (κ1) is 16.5. The Morgan fingerprint density at radius 1 is 1.23 bits per heavy atom. The Kier molecular flexibility index (Phi) is 5.22. The van der Waals surface area contributed by atoms with Crippen molar-refractivity contribution in [2.75, 3.05) is 0 Å². The van der Waals surface area contributed by atoms with Crippen LogP contribution in [0.5, 0.6) is 0 Å². The molecule has 4 nitrogen and oxygen atoms in total. The number of carbonyl (C=O) groups excluding carboxylic acids is 1. The van der Waals surface area contributed by atoms with Crippen molar-refractivity contribution in [1.29, 1.82) is 0 Å². The van der Waals surface area contributed by atoms with Crippen molar-refractivity contribution in [2.45, 2.75) is 52.6 Å². The zero-order chi connectivity index (χ0) is 16.3. The molecule has 2 atom stereocenters. The number of benzene rings is 1. The standard InChI is InChI=1S/C18H25NO3/c1-4-13(5-2)12(3)17(20)19-11-15-9-7-6-8-14(15)10-16(19)18(21)22/h6-9,12-13,16H,4-5,10-11H2,1-3H3,(H,21,22). The molecule has 0 bridgehead atoms. The number of hydrogen-bond donors (Lipinski definition) is 1. The molecule has 1 amide bonds. The van der Waals surface area contributed by atoms with Crippen LogP contribution in [0.1, 0.15) is 44.7 Å². The first-order valence-electron chi connectivity index (χ1n) is 8.09. The van der Waals surface area contributed by atoms with E-state index in [1.807, 2.05) is 31.2 Å². The Hall–Kier alpha value is -1.84. The van der Waals surface area contributed by atoms with Crippen LogP contribution in [0, 0.1) is 11.8 Å². The van der Waals surface area contributed by atoms with E-state index in [0.717, 1.165) is 24.0 Å². The lowest BCUT2D eigenvalue weighted by Gasteiger charge is -2.37. The zero-order valence-corrected chi connectivity index (χ0v) is 13.6. The molecule has 22 heavy (non-hydrogen) atoms. The molecule has 1 aliphatic rings.